The van der Waals surface area contributed by atoms with Crippen LogP contribution in [0.5, 0.6) is 0 Å². The normalized spacial score (nSPS) is 10.2. The molecule has 0 aliphatic heterocycles. The van der Waals surface area contributed by atoms with Crippen molar-refractivity contribution in [3.8, 4) is 0 Å². The van der Waals surface area contributed by atoms with Crippen molar-refractivity contribution in [1.82, 2.24) is 4.90 Å². The van der Waals surface area contributed by atoms with Crippen LogP contribution in [0.4, 0.5) is 0 Å². The average Bonchev–Trinajstić information content (AvgIpc) is 2.48. The molecule has 1 amide bonds. The van der Waals surface area contributed by atoms with Crippen molar-refractivity contribution in [2.45, 2.75) is 33.6 Å². The number of hydrogen-bond donors (Lipinski definition) is 0. The summed E-state index contributed by atoms with van der Waals surface area (Å²) in [5.74, 6) is 0.00652. The smallest absolute Gasteiger partial charge is 0.254 e. The molecular weight excluding hydrogens is 270 g/mol. The predicted octanol–water partition coefficient (Wildman–Crippen LogP) is 3.66. The lowest BCUT2D eigenvalue weighted by Crippen LogP contribution is -2.31. The van der Waals surface area contributed by atoms with Gasteiger partial charge in [0.2, 0.25) is 0 Å². The maximum absolute atomic E-state index is 12.5. The number of ether oxygens (including phenoxy) is 1. The highest BCUT2D eigenvalue weighted by atomic mass is 32.1. The number of thiocarbonyl (C=S) groups is 1. The standard InChI is InChI=1S/C16H23NO2S/c1-4-7-12-19-16(20)14-11-9-8-10-13(14)15(18)17(5-2)6-3/h8-11H,4-7,12H2,1-3H3. The largest absolute Gasteiger partial charge is 0.483 e. The van der Waals surface area contributed by atoms with E-state index in [9.17, 15) is 4.79 Å². The van der Waals surface area contributed by atoms with E-state index in [0.717, 1.165) is 18.4 Å². The average molecular weight is 293 g/mol. The van der Waals surface area contributed by atoms with Gasteiger partial charge in [0.15, 0.2) is 5.05 Å². The van der Waals surface area contributed by atoms with Crippen LogP contribution in [0.25, 0.3) is 0 Å². The van der Waals surface area contributed by atoms with Gasteiger partial charge in [0.1, 0.15) is 0 Å². The topological polar surface area (TPSA) is 29.5 Å². The van der Waals surface area contributed by atoms with E-state index in [0.29, 0.717) is 30.3 Å². The zero-order valence-electron chi connectivity index (χ0n) is 12.5. The Labute approximate surface area is 126 Å². The fourth-order valence-electron chi connectivity index (χ4n) is 1.92. The van der Waals surface area contributed by atoms with E-state index in [1.807, 2.05) is 38.1 Å². The van der Waals surface area contributed by atoms with Crippen molar-refractivity contribution in [3.63, 3.8) is 0 Å². The number of unbranched alkanes of at least 4 members (excludes halogenated alkanes) is 1. The molecule has 0 saturated heterocycles. The van der Waals surface area contributed by atoms with Crippen LogP contribution in [0.15, 0.2) is 24.3 Å². The van der Waals surface area contributed by atoms with Crippen molar-refractivity contribution >= 4 is 23.2 Å². The van der Waals surface area contributed by atoms with Gasteiger partial charge in [-0.1, -0.05) is 25.5 Å². The van der Waals surface area contributed by atoms with Gasteiger partial charge < -0.3 is 9.64 Å². The molecule has 0 unspecified atom stereocenters. The van der Waals surface area contributed by atoms with Crippen molar-refractivity contribution in [3.05, 3.63) is 35.4 Å². The van der Waals surface area contributed by atoms with Crippen LogP contribution < -0.4 is 0 Å². The zero-order chi connectivity index (χ0) is 15.0. The fourth-order valence-corrected chi connectivity index (χ4v) is 2.18. The number of amides is 1. The highest BCUT2D eigenvalue weighted by Gasteiger charge is 2.18. The maximum Gasteiger partial charge on any atom is 0.254 e. The van der Waals surface area contributed by atoms with Gasteiger partial charge in [-0.05, 0) is 44.6 Å². The molecule has 110 valence electrons. The first-order valence-corrected chi connectivity index (χ1v) is 7.61. The summed E-state index contributed by atoms with van der Waals surface area (Å²) in [7, 11) is 0. The zero-order valence-corrected chi connectivity index (χ0v) is 13.3. The Morgan fingerprint density at radius 2 is 1.75 bits per heavy atom. The minimum atomic E-state index is 0.00652. The summed E-state index contributed by atoms with van der Waals surface area (Å²) >= 11 is 5.31. The van der Waals surface area contributed by atoms with E-state index in [-0.39, 0.29) is 5.91 Å². The Morgan fingerprint density at radius 1 is 1.15 bits per heavy atom. The van der Waals surface area contributed by atoms with E-state index in [2.05, 4.69) is 6.92 Å². The summed E-state index contributed by atoms with van der Waals surface area (Å²) in [6, 6.07) is 7.40. The Kier molecular flexibility index (Phi) is 7.23. The fraction of sp³-hybridized carbons (Fsp3) is 0.500. The number of nitrogens with zero attached hydrogens (tertiary/aromatic N) is 1. The molecule has 0 N–H and O–H groups in total. The molecule has 1 rings (SSSR count). The lowest BCUT2D eigenvalue weighted by Gasteiger charge is -2.20. The molecule has 1 aromatic carbocycles. The third kappa shape index (κ3) is 4.30. The van der Waals surface area contributed by atoms with Gasteiger partial charge in [-0.25, -0.2) is 0 Å². The number of rotatable bonds is 7. The molecule has 20 heavy (non-hydrogen) atoms. The van der Waals surface area contributed by atoms with Crippen LogP contribution in [-0.2, 0) is 4.74 Å². The first-order chi connectivity index (χ1) is 9.65. The number of hydrogen-bond acceptors (Lipinski definition) is 3. The highest BCUT2D eigenvalue weighted by molar-refractivity contribution is 7.80. The molecule has 0 aliphatic rings. The minimum absolute atomic E-state index is 0.00652. The van der Waals surface area contributed by atoms with Crippen LogP contribution in [0.2, 0.25) is 0 Å². The van der Waals surface area contributed by atoms with Crippen LogP contribution >= 0.6 is 12.2 Å². The number of carbonyl (C=O) groups is 1. The molecule has 0 radical (unpaired) electrons. The summed E-state index contributed by atoms with van der Waals surface area (Å²) in [6.45, 7) is 8.02. The van der Waals surface area contributed by atoms with Gasteiger partial charge in [-0.3, -0.25) is 4.79 Å². The second kappa shape index (κ2) is 8.69. The quantitative estimate of drug-likeness (QED) is 0.567. The highest BCUT2D eigenvalue weighted by Crippen LogP contribution is 2.14. The third-order valence-corrected chi connectivity index (χ3v) is 3.50. The van der Waals surface area contributed by atoms with E-state index in [4.69, 9.17) is 17.0 Å². The molecule has 0 atom stereocenters. The maximum atomic E-state index is 12.5. The molecule has 1 aromatic rings. The first kappa shape index (κ1) is 16.6. The van der Waals surface area contributed by atoms with E-state index in [1.165, 1.54) is 0 Å². The van der Waals surface area contributed by atoms with Crippen molar-refractivity contribution in [2.24, 2.45) is 0 Å². The third-order valence-electron chi connectivity index (χ3n) is 3.16. The number of benzene rings is 1. The molecule has 0 aromatic heterocycles. The number of carbonyl (C=O) groups excluding carboxylic acids is 1. The van der Waals surface area contributed by atoms with Crippen LogP contribution in [0.3, 0.4) is 0 Å². The van der Waals surface area contributed by atoms with Crippen molar-refractivity contribution in [2.75, 3.05) is 19.7 Å². The molecule has 0 bridgehead atoms. The Bertz CT molecular complexity index is 456. The lowest BCUT2D eigenvalue weighted by molar-refractivity contribution is 0.0772. The van der Waals surface area contributed by atoms with E-state index in [1.54, 1.807) is 4.90 Å². The molecule has 3 nitrogen and oxygen atoms in total. The first-order valence-electron chi connectivity index (χ1n) is 7.21. The van der Waals surface area contributed by atoms with Crippen molar-refractivity contribution in [1.29, 1.82) is 0 Å². The second-order valence-corrected chi connectivity index (χ2v) is 4.88. The molecule has 4 heteroatoms. The molecular formula is C16H23NO2S. The van der Waals surface area contributed by atoms with Crippen LogP contribution in [0.1, 0.15) is 49.5 Å². The molecule has 0 heterocycles. The Balaban J connectivity index is 2.92. The summed E-state index contributed by atoms with van der Waals surface area (Å²) in [5, 5.41) is 0.412. The molecule has 0 aliphatic carbocycles. The Hall–Kier alpha value is -1.42. The van der Waals surface area contributed by atoms with Gasteiger partial charge in [0.05, 0.1) is 12.2 Å². The van der Waals surface area contributed by atoms with E-state index >= 15 is 0 Å². The van der Waals surface area contributed by atoms with Gasteiger partial charge in [-0.15, -0.1) is 0 Å². The molecule has 0 saturated carbocycles. The van der Waals surface area contributed by atoms with Crippen molar-refractivity contribution < 1.29 is 9.53 Å². The lowest BCUT2D eigenvalue weighted by atomic mass is 10.1. The summed E-state index contributed by atoms with van der Waals surface area (Å²) in [5.41, 5.74) is 1.34. The van der Waals surface area contributed by atoms with Gasteiger partial charge in [0.25, 0.3) is 5.91 Å². The second-order valence-electron chi connectivity index (χ2n) is 4.51. The summed E-state index contributed by atoms with van der Waals surface area (Å²) < 4.78 is 5.57. The van der Waals surface area contributed by atoms with E-state index < -0.39 is 0 Å². The van der Waals surface area contributed by atoms with Gasteiger partial charge in [-0.2, -0.15) is 0 Å². The monoisotopic (exact) mass is 293 g/mol. The predicted molar refractivity (Wildman–Crippen MR) is 86.3 cm³/mol. The Morgan fingerprint density at radius 3 is 2.30 bits per heavy atom. The summed E-state index contributed by atoms with van der Waals surface area (Å²) in [4.78, 5) is 14.3. The van der Waals surface area contributed by atoms with Crippen LogP contribution in [-0.4, -0.2) is 35.6 Å². The molecule has 0 spiro atoms. The summed E-state index contributed by atoms with van der Waals surface area (Å²) in [6.07, 6.45) is 2.02. The van der Waals surface area contributed by atoms with Crippen LogP contribution in [0, 0.1) is 0 Å². The van der Waals surface area contributed by atoms with Gasteiger partial charge >= 0.3 is 0 Å². The molecule has 0 fully saturated rings. The minimum Gasteiger partial charge on any atom is -0.483 e. The SMILES string of the molecule is CCCCOC(=S)c1ccccc1C(=O)N(CC)CC. The van der Waals surface area contributed by atoms with Gasteiger partial charge in [0, 0.05) is 18.7 Å².